The second kappa shape index (κ2) is 34.8. The van der Waals surface area contributed by atoms with Gasteiger partial charge in [0.15, 0.2) is 0 Å². The monoisotopic (exact) mass is 1240 g/mol. The van der Waals surface area contributed by atoms with Crippen molar-refractivity contribution in [2.24, 2.45) is 27.4 Å². The third-order valence-corrected chi connectivity index (χ3v) is 18.4. The largest absolute Gasteiger partial charge is 0.378 e. The predicted octanol–water partition coefficient (Wildman–Crippen LogP) is 9.26. The molecule has 22 heteroatoms. The zero-order valence-corrected chi connectivity index (χ0v) is 52.3. The van der Waals surface area contributed by atoms with Gasteiger partial charge in [0.05, 0.1) is 16.3 Å². The lowest BCUT2D eigenvalue weighted by atomic mass is 10.0. The Balaban J connectivity index is 0.952. The van der Waals surface area contributed by atoms with Gasteiger partial charge in [0.1, 0.15) is 0 Å². The van der Waals surface area contributed by atoms with E-state index in [1.54, 1.807) is 31.7 Å². The van der Waals surface area contributed by atoms with Gasteiger partial charge in [0.25, 0.3) is 0 Å². The molecule has 0 fully saturated rings. The van der Waals surface area contributed by atoms with E-state index in [0.717, 1.165) is 45.0 Å². The van der Waals surface area contributed by atoms with Crippen LogP contribution < -0.4 is 51.7 Å². The SMILES string of the molecule is CN(C)c1ccc(N=Nc2ccc(S(=O)(=O)NCCSSCCNC(=O)CCC(=O)N3CCCCN(C(=O)CCN)c4ccc(cc4)Cc4ccc(cc4)N(C(=O)CCN)CCCCN(C(=O)CCN)c4ccc(cc4)Cc4ccc3cc4)cc2)cc1. The first kappa shape index (κ1) is 67.1. The summed E-state index contributed by atoms with van der Waals surface area (Å²) in [5.74, 6) is 0.391. The van der Waals surface area contributed by atoms with Gasteiger partial charge < -0.3 is 47.0 Å². The van der Waals surface area contributed by atoms with Crippen molar-refractivity contribution < 1.29 is 32.4 Å². The number of nitrogens with zero attached hydrogens (tertiary/aromatic N) is 7. The Morgan fingerprint density at radius 3 is 1.14 bits per heavy atom. The molecule has 0 saturated carbocycles. The number of nitrogens with one attached hydrogen (secondary N) is 2. The van der Waals surface area contributed by atoms with Gasteiger partial charge in [0.2, 0.25) is 39.6 Å². The molecule has 0 unspecified atom stereocenters. The van der Waals surface area contributed by atoms with E-state index < -0.39 is 10.0 Å². The van der Waals surface area contributed by atoms with Crippen LogP contribution in [-0.2, 0) is 46.8 Å². The van der Waals surface area contributed by atoms with Crippen LogP contribution in [0.3, 0.4) is 0 Å². The van der Waals surface area contributed by atoms with Gasteiger partial charge in [-0.25, -0.2) is 13.1 Å². The van der Waals surface area contributed by atoms with Crippen molar-refractivity contribution in [1.29, 1.82) is 0 Å². The molecule has 6 aromatic rings. The molecule has 7 aliphatic rings. The lowest BCUT2D eigenvalue weighted by Crippen LogP contribution is -2.35. The third-order valence-electron chi connectivity index (χ3n) is 14.5. The summed E-state index contributed by atoms with van der Waals surface area (Å²) in [5, 5.41) is 11.4. The van der Waals surface area contributed by atoms with Crippen molar-refractivity contribution in [3.63, 3.8) is 0 Å². The van der Waals surface area contributed by atoms with Crippen LogP contribution in [0.1, 0.15) is 80.0 Å². The maximum absolute atomic E-state index is 14.2. The number of rotatable bonds is 21. The number of nitrogens with two attached hydrogens (primary N) is 3. The van der Waals surface area contributed by atoms with Crippen molar-refractivity contribution in [1.82, 2.24) is 10.0 Å². The fourth-order valence-electron chi connectivity index (χ4n) is 9.81. The molecule has 462 valence electrons. The quantitative estimate of drug-likeness (QED) is 0.0256. The average molecular weight is 1240 g/mol. The van der Waals surface area contributed by atoms with E-state index in [9.17, 15) is 32.4 Å². The third kappa shape index (κ3) is 21.1. The Bertz CT molecular complexity index is 3300. The smallest absolute Gasteiger partial charge is 0.240 e. The number of sulfonamides is 1. The summed E-state index contributed by atoms with van der Waals surface area (Å²) in [6.45, 7) is 2.92. The van der Waals surface area contributed by atoms with Crippen LogP contribution in [0.4, 0.5) is 39.8 Å². The predicted molar refractivity (Wildman–Crippen MR) is 354 cm³/mol. The van der Waals surface area contributed by atoms with Crippen LogP contribution in [0.25, 0.3) is 0 Å². The molecule has 0 aromatic heterocycles. The average Bonchev–Trinajstić information content (AvgIpc) is 3.13. The Morgan fingerprint density at radius 2 is 0.793 bits per heavy atom. The van der Waals surface area contributed by atoms with E-state index in [0.29, 0.717) is 99.8 Å². The molecule has 13 rings (SSSR count). The first-order chi connectivity index (χ1) is 42.1. The van der Waals surface area contributed by atoms with Crippen LogP contribution >= 0.6 is 21.6 Å². The fourth-order valence-corrected chi connectivity index (χ4v) is 12.8. The van der Waals surface area contributed by atoms with Gasteiger partial charge in [-0.2, -0.15) is 10.2 Å². The van der Waals surface area contributed by atoms with Crippen LogP contribution in [0, 0.1) is 0 Å². The highest BCUT2D eigenvalue weighted by molar-refractivity contribution is 8.76. The van der Waals surface area contributed by atoms with Crippen molar-refractivity contribution in [2.75, 3.05) is 109 Å². The molecule has 0 aliphatic carbocycles. The highest BCUT2D eigenvalue weighted by atomic mass is 33.1. The van der Waals surface area contributed by atoms with Gasteiger partial charge in [-0.05, 0) is 158 Å². The number of carbonyl (C=O) groups excluding carboxylic acids is 5. The van der Waals surface area contributed by atoms with Crippen LogP contribution in [0.15, 0.2) is 161 Å². The lowest BCUT2D eigenvalue weighted by Gasteiger charge is -2.26. The second-order valence-corrected chi connectivity index (χ2v) is 25.7. The Labute approximate surface area is 520 Å². The minimum absolute atomic E-state index is 0.00947. The van der Waals surface area contributed by atoms with E-state index >= 15 is 0 Å². The number of benzene rings is 6. The molecule has 8 N–H and O–H groups in total. The Hall–Kier alpha value is -7.44. The number of amides is 5. The molecule has 5 amide bonds. The molecule has 0 spiro atoms. The topological polar surface area (TPSA) is 263 Å². The zero-order valence-electron chi connectivity index (χ0n) is 49.9. The normalized spacial score (nSPS) is 13.8. The molecule has 8 bridgehead atoms. The highest BCUT2D eigenvalue weighted by Crippen LogP contribution is 2.27. The van der Waals surface area contributed by atoms with Crippen LogP contribution in [-0.4, -0.2) is 122 Å². The maximum Gasteiger partial charge on any atom is 0.240 e. The molecule has 87 heavy (non-hydrogen) atoms. The Kier molecular flexibility index (Phi) is 26.8. The van der Waals surface area contributed by atoms with Gasteiger partial charge in [-0.3, -0.25) is 24.0 Å². The second-order valence-electron chi connectivity index (χ2n) is 21.2. The molecular weight excluding hydrogens is 1160 g/mol. The number of carbonyl (C=O) groups is 5. The van der Waals surface area contributed by atoms with Crippen molar-refractivity contribution in [2.45, 2.75) is 75.5 Å². The zero-order chi connectivity index (χ0) is 62.0. The summed E-state index contributed by atoms with van der Waals surface area (Å²) in [7, 11) is 3.17. The summed E-state index contributed by atoms with van der Waals surface area (Å²) >= 11 is 0. The fraction of sp³-hybridized carbons (Fsp3) is 0.369. The van der Waals surface area contributed by atoms with E-state index in [-0.39, 0.29) is 92.7 Å². The lowest BCUT2D eigenvalue weighted by molar-refractivity contribution is -0.125. The van der Waals surface area contributed by atoms with E-state index in [1.807, 2.05) is 140 Å². The molecule has 7 aliphatic heterocycles. The maximum atomic E-state index is 14.2. The first-order valence-electron chi connectivity index (χ1n) is 29.6. The van der Waals surface area contributed by atoms with Crippen LogP contribution in [0.2, 0.25) is 0 Å². The summed E-state index contributed by atoms with van der Waals surface area (Å²) in [4.78, 5) is 76.8. The van der Waals surface area contributed by atoms with E-state index in [2.05, 4.69) is 20.3 Å². The molecule has 0 atom stereocenters. The number of azo groups is 1. The molecular formula is C65H82N12O7S3. The van der Waals surface area contributed by atoms with Crippen LogP contribution in [0.5, 0.6) is 0 Å². The Morgan fingerprint density at radius 1 is 0.460 bits per heavy atom. The molecule has 0 saturated heterocycles. The van der Waals surface area contributed by atoms with Gasteiger partial charge in [0, 0.05) is 145 Å². The van der Waals surface area contributed by atoms with Gasteiger partial charge >= 0.3 is 0 Å². The summed E-state index contributed by atoms with van der Waals surface area (Å²) in [6, 6.07) is 45.4. The molecule has 0 radical (unpaired) electrons. The van der Waals surface area contributed by atoms with Crippen molar-refractivity contribution in [3.05, 3.63) is 168 Å². The minimum Gasteiger partial charge on any atom is -0.378 e. The standard InChI is InChI=1S/C65H82N12O7S3/c1-73(2)55-27-15-53(16-28-55)71-72-54-17-29-60(30-18-54)87(83,84)70-40-46-86-85-45-39-69-61(78)31-32-62(79)74-41-3-4-42-75(63(80)33-36-66)57-21-11-51(12-22-57)48-52-13-25-59(26-14-52)77(65(82)35-38-68)44-6-5-43-76(64(81)34-37-67)58-23-9-50(10-24-58)47-49-7-19-56(74)20-8-49/h7-30,70H,3-6,31-48,66-68H2,1-2H3,(H,69,78). The van der Waals surface area contributed by atoms with E-state index in [4.69, 9.17) is 17.2 Å². The minimum atomic E-state index is -3.74. The van der Waals surface area contributed by atoms with Crippen molar-refractivity contribution >= 4 is 101 Å². The number of hydrogen-bond donors (Lipinski definition) is 5. The van der Waals surface area contributed by atoms with Gasteiger partial charge in [-0.15, -0.1) is 0 Å². The summed E-state index contributed by atoms with van der Waals surface area (Å²) < 4.78 is 28.6. The van der Waals surface area contributed by atoms with Gasteiger partial charge in [-0.1, -0.05) is 70.1 Å². The highest BCUT2D eigenvalue weighted by Gasteiger charge is 2.22. The number of anilines is 5. The molecule has 19 nitrogen and oxygen atoms in total. The van der Waals surface area contributed by atoms with Crippen molar-refractivity contribution in [3.8, 4) is 0 Å². The number of hydrogen-bond acceptors (Lipinski definition) is 15. The summed E-state index contributed by atoms with van der Waals surface area (Å²) in [6.07, 6.45) is 4.24. The summed E-state index contributed by atoms with van der Waals surface area (Å²) in [5.41, 5.74) is 27.0. The molecule has 7 heterocycles. The molecule has 6 aromatic carbocycles. The first-order valence-corrected chi connectivity index (χ1v) is 33.6. The van der Waals surface area contributed by atoms with E-state index in [1.165, 1.54) is 33.7 Å².